The summed E-state index contributed by atoms with van der Waals surface area (Å²) in [7, 11) is 0. The molecule has 1 saturated heterocycles. The first-order chi connectivity index (χ1) is 16.0. The molecule has 2 aromatic rings. The Hall–Kier alpha value is -2.19. The Morgan fingerprint density at radius 1 is 1.29 bits per heavy atom. The molecule has 0 spiro atoms. The minimum Gasteiger partial charge on any atom is -0.550 e. The van der Waals surface area contributed by atoms with Gasteiger partial charge in [0.25, 0.3) is 0 Å². The zero-order valence-electron chi connectivity index (χ0n) is 19.9. The van der Waals surface area contributed by atoms with Crippen LogP contribution in [0, 0.1) is 11.7 Å². The Bertz CT molecular complexity index is 970. The molecule has 0 bridgehead atoms. The third-order valence-corrected chi connectivity index (χ3v) is 6.63. The molecular formula is C26H33ClFN2O4-. The van der Waals surface area contributed by atoms with Crippen molar-refractivity contribution < 1.29 is 24.1 Å². The number of carbonyl (C=O) groups is 1. The molecule has 0 aliphatic carbocycles. The van der Waals surface area contributed by atoms with Gasteiger partial charge in [-0.1, -0.05) is 36.7 Å². The van der Waals surface area contributed by atoms with Gasteiger partial charge in [-0.05, 0) is 55.5 Å². The maximum atomic E-state index is 13.6. The van der Waals surface area contributed by atoms with Gasteiger partial charge in [0.05, 0.1) is 0 Å². The molecule has 6 nitrogen and oxygen atoms in total. The van der Waals surface area contributed by atoms with E-state index in [1.807, 2.05) is 12.1 Å². The number of carbonyl (C=O) groups excluding carboxylic acids is 1. The summed E-state index contributed by atoms with van der Waals surface area (Å²) >= 11 is 5.99. The smallest absolute Gasteiger partial charge is 0.126 e. The molecule has 0 aromatic heterocycles. The molecule has 186 valence electrons. The highest BCUT2D eigenvalue weighted by Crippen LogP contribution is 2.26. The molecule has 34 heavy (non-hydrogen) atoms. The van der Waals surface area contributed by atoms with Crippen LogP contribution in [0.1, 0.15) is 38.3 Å². The second kappa shape index (κ2) is 11.5. The Morgan fingerprint density at radius 3 is 2.68 bits per heavy atom. The van der Waals surface area contributed by atoms with Gasteiger partial charge in [-0.15, -0.1) is 0 Å². The summed E-state index contributed by atoms with van der Waals surface area (Å²) in [5, 5.41) is 26.0. The lowest BCUT2D eigenvalue weighted by Gasteiger charge is -2.43. The summed E-state index contributed by atoms with van der Waals surface area (Å²) in [6.07, 6.45) is 0.547. The van der Waals surface area contributed by atoms with Crippen molar-refractivity contribution in [2.75, 3.05) is 19.7 Å². The number of benzene rings is 2. The monoisotopic (exact) mass is 491 g/mol. The first-order valence-corrected chi connectivity index (χ1v) is 12.0. The number of piperidine rings is 1. The molecule has 0 unspecified atom stereocenters. The maximum absolute atomic E-state index is 13.6. The third-order valence-electron chi connectivity index (χ3n) is 6.37. The average molecular weight is 492 g/mol. The summed E-state index contributed by atoms with van der Waals surface area (Å²) in [6.45, 7) is 8.02. The third kappa shape index (κ3) is 7.67. The molecule has 2 aromatic carbocycles. The number of ether oxygens (including phenoxy) is 1. The van der Waals surface area contributed by atoms with Crippen molar-refractivity contribution in [3.8, 4) is 5.75 Å². The number of carboxylic acid groups (broad SMARTS) is 1. The lowest BCUT2D eigenvalue weighted by Crippen LogP contribution is -2.55. The number of hydrogen-bond acceptors (Lipinski definition) is 6. The SMILES string of the molecule is C[C@@H]1CN(Cc2ccc(Cl)cc2)[C@@H](C)C[C@H]1NC[C@](C)(O)COc1cc(F)ccc1CC(=O)[O-]. The topological polar surface area (TPSA) is 84.9 Å². The molecular weight excluding hydrogens is 459 g/mol. The zero-order valence-corrected chi connectivity index (χ0v) is 20.6. The summed E-state index contributed by atoms with van der Waals surface area (Å²) in [5.74, 6) is -1.35. The molecule has 0 saturated carbocycles. The van der Waals surface area contributed by atoms with E-state index in [4.69, 9.17) is 16.3 Å². The van der Waals surface area contributed by atoms with E-state index < -0.39 is 17.4 Å². The van der Waals surface area contributed by atoms with Crippen LogP contribution in [0.3, 0.4) is 0 Å². The highest BCUT2D eigenvalue weighted by Gasteiger charge is 2.32. The summed E-state index contributed by atoms with van der Waals surface area (Å²) in [6, 6.07) is 12.2. The molecule has 1 fully saturated rings. The van der Waals surface area contributed by atoms with Crippen LogP contribution < -0.4 is 15.2 Å². The molecule has 2 N–H and O–H groups in total. The van der Waals surface area contributed by atoms with Crippen molar-refractivity contribution in [2.45, 2.75) is 57.8 Å². The van der Waals surface area contributed by atoms with E-state index in [-0.39, 0.29) is 31.4 Å². The quantitative estimate of drug-likeness (QED) is 0.531. The fourth-order valence-electron chi connectivity index (χ4n) is 4.35. The molecule has 4 atom stereocenters. The number of aliphatic hydroxyl groups is 1. The fourth-order valence-corrected chi connectivity index (χ4v) is 4.48. The van der Waals surface area contributed by atoms with Crippen LogP contribution in [-0.4, -0.2) is 53.4 Å². The van der Waals surface area contributed by atoms with Crippen LogP contribution in [0.15, 0.2) is 42.5 Å². The molecule has 0 radical (unpaired) electrons. The number of nitrogens with zero attached hydrogens (tertiary/aromatic N) is 1. The van der Waals surface area contributed by atoms with Crippen LogP contribution in [0.5, 0.6) is 5.75 Å². The highest BCUT2D eigenvalue weighted by molar-refractivity contribution is 6.30. The molecule has 1 aliphatic heterocycles. The van der Waals surface area contributed by atoms with E-state index in [1.165, 1.54) is 17.7 Å². The van der Waals surface area contributed by atoms with E-state index in [1.54, 1.807) is 6.92 Å². The van der Waals surface area contributed by atoms with Gasteiger partial charge in [0.1, 0.15) is 23.8 Å². The Kier molecular flexibility index (Phi) is 8.93. The normalized spacial score (nSPS) is 22.8. The van der Waals surface area contributed by atoms with Gasteiger partial charge in [-0.2, -0.15) is 0 Å². The maximum Gasteiger partial charge on any atom is 0.126 e. The van der Waals surface area contributed by atoms with E-state index in [2.05, 4.69) is 36.2 Å². The first-order valence-electron chi connectivity index (χ1n) is 11.6. The largest absolute Gasteiger partial charge is 0.550 e. The molecule has 8 heteroatoms. The minimum absolute atomic E-state index is 0.0990. The Labute approximate surface area is 205 Å². The van der Waals surface area contributed by atoms with Gasteiger partial charge < -0.3 is 25.1 Å². The van der Waals surface area contributed by atoms with Crippen molar-refractivity contribution in [1.82, 2.24) is 10.2 Å². The molecule has 0 amide bonds. The van der Waals surface area contributed by atoms with Crippen LogP contribution in [0.25, 0.3) is 0 Å². The van der Waals surface area contributed by atoms with Crippen molar-refractivity contribution in [3.63, 3.8) is 0 Å². The van der Waals surface area contributed by atoms with Crippen molar-refractivity contribution in [1.29, 1.82) is 0 Å². The Morgan fingerprint density at radius 2 is 2.00 bits per heavy atom. The minimum atomic E-state index is -1.28. The van der Waals surface area contributed by atoms with Gasteiger partial charge in [0.2, 0.25) is 0 Å². The summed E-state index contributed by atoms with van der Waals surface area (Å²) in [4.78, 5) is 13.4. The number of aliphatic carboxylic acids is 1. The van der Waals surface area contributed by atoms with Gasteiger partial charge in [0.15, 0.2) is 0 Å². The highest BCUT2D eigenvalue weighted by atomic mass is 35.5. The number of hydrogen-bond donors (Lipinski definition) is 2. The molecule has 3 rings (SSSR count). The second-order valence-electron chi connectivity index (χ2n) is 9.69. The number of halogens is 2. The standard InChI is InChI=1S/C26H34ClFN2O4/c1-17-13-30(14-19-4-7-21(27)8-5-19)18(2)10-23(17)29-15-26(3,33)16-34-24-12-22(28)9-6-20(24)11-25(31)32/h4-9,12,17-18,23,29,33H,10-11,13-16H2,1-3H3,(H,31,32)/p-1/t17-,18+,23-,26+/m1/s1. The van der Waals surface area contributed by atoms with E-state index in [0.717, 1.165) is 30.6 Å². The van der Waals surface area contributed by atoms with Crippen molar-refractivity contribution >= 4 is 17.6 Å². The number of nitrogens with one attached hydrogen (secondary N) is 1. The van der Waals surface area contributed by atoms with Crippen LogP contribution >= 0.6 is 11.6 Å². The van der Waals surface area contributed by atoms with Gasteiger partial charge in [-0.3, -0.25) is 4.90 Å². The predicted molar refractivity (Wildman–Crippen MR) is 128 cm³/mol. The second-order valence-corrected chi connectivity index (χ2v) is 10.1. The van der Waals surface area contributed by atoms with Gasteiger partial charge in [-0.25, -0.2) is 4.39 Å². The predicted octanol–water partition coefficient (Wildman–Crippen LogP) is 2.79. The zero-order chi connectivity index (χ0) is 24.9. The summed E-state index contributed by atoms with van der Waals surface area (Å²) in [5.41, 5.74) is 0.306. The van der Waals surface area contributed by atoms with E-state index in [0.29, 0.717) is 17.5 Å². The van der Waals surface area contributed by atoms with Crippen LogP contribution in [-0.2, 0) is 17.8 Å². The first kappa shape index (κ1) is 26.4. The fraction of sp³-hybridized carbons (Fsp3) is 0.500. The summed E-state index contributed by atoms with van der Waals surface area (Å²) < 4.78 is 19.3. The lowest BCUT2D eigenvalue weighted by atomic mass is 9.88. The van der Waals surface area contributed by atoms with E-state index in [9.17, 15) is 19.4 Å². The van der Waals surface area contributed by atoms with E-state index >= 15 is 0 Å². The molecule has 1 heterocycles. The van der Waals surface area contributed by atoms with Crippen molar-refractivity contribution in [3.05, 3.63) is 64.4 Å². The molecule has 1 aliphatic rings. The van der Waals surface area contributed by atoms with Crippen LogP contribution in [0.2, 0.25) is 5.02 Å². The van der Waals surface area contributed by atoms with Crippen molar-refractivity contribution in [2.24, 2.45) is 5.92 Å². The van der Waals surface area contributed by atoms with Gasteiger partial charge >= 0.3 is 0 Å². The Balaban J connectivity index is 1.52. The number of likely N-dealkylation sites (tertiary alicyclic amines) is 1. The van der Waals surface area contributed by atoms with Crippen LogP contribution in [0.4, 0.5) is 4.39 Å². The lowest BCUT2D eigenvalue weighted by molar-refractivity contribution is -0.304. The number of carboxylic acids is 1. The average Bonchev–Trinajstić information content (AvgIpc) is 2.76. The van der Waals surface area contributed by atoms with Gasteiger partial charge in [0, 0.05) is 55.2 Å². The number of rotatable bonds is 10.